The number of halogens is 2. The van der Waals surface area contributed by atoms with Gasteiger partial charge in [-0.2, -0.15) is 0 Å². The lowest BCUT2D eigenvalue weighted by atomic mass is 9.97. The van der Waals surface area contributed by atoms with E-state index in [9.17, 15) is 0 Å². The molecule has 0 amide bonds. The monoisotopic (exact) mass is 245 g/mol. The third kappa shape index (κ3) is 3.10. The lowest BCUT2D eigenvalue weighted by molar-refractivity contribution is 0.412. The van der Waals surface area contributed by atoms with Crippen LogP contribution in [0.15, 0.2) is 18.2 Å². The van der Waals surface area contributed by atoms with Crippen LogP contribution in [0, 0.1) is 6.92 Å². The fourth-order valence-corrected chi connectivity index (χ4v) is 2.15. The number of piperidine rings is 1. The van der Waals surface area contributed by atoms with Gasteiger partial charge in [-0.25, -0.2) is 0 Å². The first-order valence-corrected chi connectivity index (χ1v) is 5.64. The summed E-state index contributed by atoms with van der Waals surface area (Å²) in [7, 11) is 0. The van der Waals surface area contributed by atoms with Crippen molar-refractivity contribution < 1.29 is 0 Å². The molecule has 0 spiro atoms. The molecule has 84 valence electrons. The average Bonchev–Trinajstić information content (AvgIpc) is 2.23. The summed E-state index contributed by atoms with van der Waals surface area (Å²) >= 11 is 6.11. The molecule has 0 radical (unpaired) electrons. The van der Waals surface area contributed by atoms with Gasteiger partial charge in [-0.15, -0.1) is 12.4 Å². The molecule has 0 saturated carbocycles. The fraction of sp³-hybridized carbons (Fsp3) is 0.500. The Kier molecular flexibility index (Phi) is 4.91. The highest BCUT2D eigenvalue weighted by Crippen LogP contribution is 2.26. The molecule has 1 saturated heterocycles. The van der Waals surface area contributed by atoms with Crippen molar-refractivity contribution in [1.82, 2.24) is 5.32 Å². The minimum absolute atomic E-state index is 0. The Morgan fingerprint density at radius 2 is 2.13 bits per heavy atom. The van der Waals surface area contributed by atoms with Gasteiger partial charge in [0.2, 0.25) is 0 Å². The van der Waals surface area contributed by atoms with Gasteiger partial charge < -0.3 is 5.32 Å². The van der Waals surface area contributed by atoms with Gasteiger partial charge in [0, 0.05) is 11.1 Å². The third-order valence-corrected chi connectivity index (χ3v) is 3.32. The van der Waals surface area contributed by atoms with Crippen LogP contribution >= 0.6 is 24.0 Å². The summed E-state index contributed by atoms with van der Waals surface area (Å²) in [5, 5.41) is 4.41. The number of benzene rings is 1. The van der Waals surface area contributed by atoms with E-state index < -0.39 is 0 Å². The third-order valence-electron chi connectivity index (χ3n) is 2.91. The minimum atomic E-state index is 0. The second-order valence-corrected chi connectivity index (χ2v) is 4.42. The summed E-state index contributed by atoms with van der Waals surface area (Å²) in [6.45, 7) is 3.18. The van der Waals surface area contributed by atoms with Gasteiger partial charge in [0.05, 0.1) is 0 Å². The molecule has 1 aliphatic heterocycles. The van der Waals surface area contributed by atoms with Crippen molar-refractivity contribution in [3.63, 3.8) is 0 Å². The molecule has 1 fully saturated rings. The average molecular weight is 246 g/mol. The summed E-state index contributed by atoms with van der Waals surface area (Å²) in [6.07, 6.45) is 3.86. The molecular formula is C12H17Cl2N. The zero-order valence-electron chi connectivity index (χ0n) is 8.92. The van der Waals surface area contributed by atoms with E-state index in [2.05, 4.69) is 23.5 Å². The number of nitrogens with one attached hydrogen (secondary N) is 1. The van der Waals surface area contributed by atoms with Crippen LogP contribution in [0.25, 0.3) is 0 Å². The maximum atomic E-state index is 6.11. The van der Waals surface area contributed by atoms with Gasteiger partial charge in [0.25, 0.3) is 0 Å². The van der Waals surface area contributed by atoms with Crippen molar-refractivity contribution in [1.29, 1.82) is 0 Å². The van der Waals surface area contributed by atoms with Crippen molar-refractivity contribution in [2.75, 3.05) is 6.54 Å². The maximum absolute atomic E-state index is 6.11. The van der Waals surface area contributed by atoms with Crippen LogP contribution in [0.4, 0.5) is 0 Å². The molecular weight excluding hydrogens is 229 g/mol. The van der Waals surface area contributed by atoms with E-state index in [1.165, 1.54) is 24.8 Å². The van der Waals surface area contributed by atoms with Gasteiger partial charge in [-0.1, -0.05) is 30.2 Å². The van der Waals surface area contributed by atoms with Crippen molar-refractivity contribution in [3.05, 3.63) is 34.3 Å². The largest absolute Gasteiger partial charge is 0.310 e. The smallest absolute Gasteiger partial charge is 0.0438 e. The summed E-state index contributed by atoms with van der Waals surface area (Å²) in [6, 6.07) is 6.90. The van der Waals surface area contributed by atoms with Gasteiger partial charge in [0.1, 0.15) is 0 Å². The predicted molar refractivity (Wildman–Crippen MR) is 68.0 cm³/mol. The van der Waals surface area contributed by atoms with E-state index >= 15 is 0 Å². The number of aryl methyl sites for hydroxylation is 1. The van der Waals surface area contributed by atoms with Crippen molar-refractivity contribution >= 4 is 24.0 Å². The molecule has 15 heavy (non-hydrogen) atoms. The molecule has 0 bridgehead atoms. The van der Waals surface area contributed by atoms with E-state index in [4.69, 9.17) is 11.6 Å². The summed E-state index contributed by atoms with van der Waals surface area (Å²) in [5.74, 6) is 0. The number of rotatable bonds is 1. The molecule has 1 nitrogen and oxygen atoms in total. The van der Waals surface area contributed by atoms with Gasteiger partial charge in [-0.3, -0.25) is 0 Å². The molecule has 3 heteroatoms. The van der Waals surface area contributed by atoms with Crippen molar-refractivity contribution in [2.24, 2.45) is 0 Å². The highest BCUT2D eigenvalue weighted by molar-refractivity contribution is 6.31. The molecule has 1 aromatic rings. The van der Waals surface area contributed by atoms with Gasteiger partial charge in [-0.05, 0) is 43.5 Å². The van der Waals surface area contributed by atoms with Crippen LogP contribution < -0.4 is 5.32 Å². The van der Waals surface area contributed by atoms with E-state index in [0.29, 0.717) is 6.04 Å². The fourth-order valence-electron chi connectivity index (χ4n) is 1.96. The summed E-state index contributed by atoms with van der Waals surface area (Å²) in [4.78, 5) is 0. The molecule has 2 rings (SSSR count). The van der Waals surface area contributed by atoms with Crippen LogP contribution in [-0.2, 0) is 0 Å². The Balaban J connectivity index is 0.00000112. The predicted octanol–water partition coefficient (Wildman–Crippen LogP) is 3.88. The van der Waals surface area contributed by atoms with E-state index in [1.54, 1.807) is 0 Å². The Bertz CT molecular complexity index is 319. The Hall–Kier alpha value is -0.240. The van der Waals surface area contributed by atoms with Gasteiger partial charge in [0.15, 0.2) is 0 Å². The first-order valence-electron chi connectivity index (χ1n) is 5.27. The molecule has 0 aliphatic carbocycles. The topological polar surface area (TPSA) is 12.0 Å². The van der Waals surface area contributed by atoms with Gasteiger partial charge >= 0.3 is 0 Å². The lowest BCUT2D eigenvalue weighted by Gasteiger charge is -2.24. The number of hydrogen-bond acceptors (Lipinski definition) is 1. The van der Waals surface area contributed by atoms with Crippen LogP contribution in [-0.4, -0.2) is 6.54 Å². The first kappa shape index (κ1) is 12.8. The van der Waals surface area contributed by atoms with Crippen molar-refractivity contribution in [2.45, 2.75) is 32.2 Å². The minimum Gasteiger partial charge on any atom is -0.310 e. The second kappa shape index (κ2) is 5.74. The summed E-state index contributed by atoms with van der Waals surface area (Å²) < 4.78 is 0. The zero-order valence-corrected chi connectivity index (χ0v) is 10.5. The van der Waals surface area contributed by atoms with E-state index in [0.717, 1.165) is 17.1 Å². The highest BCUT2D eigenvalue weighted by atomic mass is 35.5. The standard InChI is InChI=1S/C12H16ClN.ClH/c1-9-5-6-10(8-11(9)13)12-4-2-3-7-14-12;/h5-6,8,12,14H,2-4,7H2,1H3;1H/t12-;/m0./s1. The highest BCUT2D eigenvalue weighted by Gasteiger charge is 2.14. The second-order valence-electron chi connectivity index (χ2n) is 4.01. The van der Waals surface area contributed by atoms with Crippen LogP contribution in [0.3, 0.4) is 0 Å². The normalized spacial score (nSPS) is 20.8. The van der Waals surface area contributed by atoms with Crippen LogP contribution in [0.1, 0.15) is 36.4 Å². The van der Waals surface area contributed by atoms with Crippen molar-refractivity contribution in [3.8, 4) is 0 Å². The first-order chi connectivity index (χ1) is 6.77. The molecule has 0 unspecified atom stereocenters. The molecule has 1 atom stereocenters. The number of hydrogen-bond donors (Lipinski definition) is 1. The summed E-state index contributed by atoms with van der Waals surface area (Å²) in [5.41, 5.74) is 2.49. The quantitative estimate of drug-likeness (QED) is 0.792. The molecule has 1 N–H and O–H groups in total. The van der Waals surface area contributed by atoms with E-state index in [1.807, 2.05) is 6.92 Å². The molecule has 1 heterocycles. The SMILES string of the molecule is Cc1ccc([C@@H]2CCCCN2)cc1Cl.Cl. The zero-order chi connectivity index (χ0) is 9.97. The molecule has 1 aliphatic rings. The Morgan fingerprint density at radius 3 is 2.73 bits per heavy atom. The molecule has 0 aromatic heterocycles. The van der Waals surface area contributed by atoms with Crippen LogP contribution in [0.5, 0.6) is 0 Å². The maximum Gasteiger partial charge on any atom is 0.0438 e. The molecule has 1 aromatic carbocycles. The van der Waals surface area contributed by atoms with E-state index in [-0.39, 0.29) is 12.4 Å². The Labute approximate surface area is 103 Å². The van der Waals surface area contributed by atoms with Crippen LogP contribution in [0.2, 0.25) is 5.02 Å². The lowest BCUT2D eigenvalue weighted by Crippen LogP contribution is -2.26. The Morgan fingerprint density at radius 1 is 1.33 bits per heavy atom.